The average molecular weight is 395 g/mol. The molecule has 0 saturated carbocycles. The Kier molecular flexibility index (Phi) is 6.34. The minimum atomic E-state index is 0.152. The number of rotatable bonds is 4. The largest absolute Gasteiger partial charge is 0.342 e. The summed E-state index contributed by atoms with van der Waals surface area (Å²) in [5.41, 5.74) is 4.75. The van der Waals surface area contributed by atoms with Gasteiger partial charge in [-0.1, -0.05) is 43.2 Å². The van der Waals surface area contributed by atoms with E-state index in [1.807, 2.05) is 17.8 Å². The Morgan fingerprint density at radius 3 is 2.48 bits per heavy atom. The number of aryl methyl sites for hydroxylation is 1. The first-order valence-corrected chi connectivity index (χ1v) is 11.2. The summed E-state index contributed by atoms with van der Waals surface area (Å²) in [5.74, 6) is 0.543. The first-order valence-electron chi connectivity index (χ1n) is 11.2. The molecule has 156 valence electrons. The van der Waals surface area contributed by atoms with Crippen LogP contribution in [-0.4, -0.2) is 51.7 Å². The molecular weight excluding hydrogens is 360 g/mol. The molecule has 0 bridgehead atoms. The summed E-state index contributed by atoms with van der Waals surface area (Å²) in [6.07, 6.45) is 6.99. The van der Waals surface area contributed by atoms with Crippen LogP contribution in [0, 0.1) is 12.8 Å². The van der Waals surface area contributed by atoms with Crippen LogP contribution < -0.4 is 0 Å². The van der Waals surface area contributed by atoms with Crippen LogP contribution in [0.5, 0.6) is 0 Å². The lowest BCUT2D eigenvalue weighted by atomic mass is 9.95. The second kappa shape index (κ2) is 9.12. The third-order valence-electron chi connectivity index (χ3n) is 6.66. The molecule has 2 aliphatic rings. The summed E-state index contributed by atoms with van der Waals surface area (Å²) in [4.78, 5) is 17.8. The van der Waals surface area contributed by atoms with Crippen LogP contribution in [0.2, 0.25) is 0 Å². The summed E-state index contributed by atoms with van der Waals surface area (Å²) in [7, 11) is 2.02. The first-order chi connectivity index (χ1) is 14.1. The molecule has 1 aromatic heterocycles. The van der Waals surface area contributed by atoms with Gasteiger partial charge < -0.3 is 4.90 Å². The first kappa shape index (κ1) is 20.1. The number of nitrogens with zero attached hydrogens (tertiary/aromatic N) is 4. The van der Waals surface area contributed by atoms with Crippen molar-refractivity contribution in [1.29, 1.82) is 0 Å². The quantitative estimate of drug-likeness (QED) is 0.787. The monoisotopic (exact) mass is 394 g/mol. The summed E-state index contributed by atoms with van der Waals surface area (Å²) >= 11 is 0. The third kappa shape index (κ3) is 4.55. The normalized spacial score (nSPS) is 21.2. The molecule has 1 atom stereocenters. The standard InChI is InChI=1S/C24H34N4O/c1-19-22(23(25-26(19)2)20-11-6-5-7-12-20)18-27-14-10-13-21(17-27)24(29)28-15-8-3-4-9-16-28/h5-7,11-12,21H,3-4,8-10,13-18H2,1-2H3/t21-/m0/s1. The van der Waals surface area contributed by atoms with E-state index in [9.17, 15) is 4.79 Å². The van der Waals surface area contributed by atoms with Crippen LogP contribution in [-0.2, 0) is 18.4 Å². The van der Waals surface area contributed by atoms with Gasteiger partial charge in [0.05, 0.1) is 11.6 Å². The SMILES string of the molecule is Cc1c(CN2CCC[C@H](C(=O)N3CCCCCC3)C2)c(-c2ccccc2)nn1C. The number of hydrogen-bond donors (Lipinski definition) is 0. The lowest BCUT2D eigenvalue weighted by Gasteiger charge is -2.35. The predicted molar refractivity (Wildman–Crippen MR) is 116 cm³/mol. The Balaban J connectivity index is 1.48. The van der Waals surface area contributed by atoms with E-state index in [0.29, 0.717) is 5.91 Å². The second-order valence-electron chi connectivity index (χ2n) is 8.72. The van der Waals surface area contributed by atoms with Crippen LogP contribution >= 0.6 is 0 Å². The topological polar surface area (TPSA) is 41.4 Å². The maximum Gasteiger partial charge on any atom is 0.226 e. The minimum Gasteiger partial charge on any atom is -0.342 e. The summed E-state index contributed by atoms with van der Waals surface area (Å²) < 4.78 is 1.99. The fourth-order valence-electron chi connectivity index (χ4n) is 4.84. The second-order valence-corrected chi connectivity index (χ2v) is 8.72. The Labute approximate surface area is 174 Å². The molecule has 2 aromatic rings. The van der Waals surface area contributed by atoms with E-state index in [2.05, 4.69) is 41.0 Å². The van der Waals surface area contributed by atoms with Gasteiger partial charge in [0, 0.05) is 50.0 Å². The van der Waals surface area contributed by atoms with Crippen molar-refractivity contribution < 1.29 is 4.79 Å². The fraction of sp³-hybridized carbons (Fsp3) is 0.583. The zero-order valence-corrected chi connectivity index (χ0v) is 17.9. The maximum absolute atomic E-state index is 13.1. The predicted octanol–water partition coefficient (Wildman–Crippen LogP) is 4.01. The van der Waals surface area contributed by atoms with Crippen LogP contribution in [0.4, 0.5) is 0 Å². The Morgan fingerprint density at radius 2 is 1.76 bits per heavy atom. The number of likely N-dealkylation sites (tertiary alicyclic amines) is 2. The van der Waals surface area contributed by atoms with E-state index in [-0.39, 0.29) is 5.92 Å². The third-order valence-corrected chi connectivity index (χ3v) is 6.66. The van der Waals surface area contributed by atoms with Gasteiger partial charge in [0.15, 0.2) is 0 Å². The molecule has 29 heavy (non-hydrogen) atoms. The molecule has 2 fully saturated rings. The molecule has 5 nitrogen and oxygen atoms in total. The average Bonchev–Trinajstić information content (AvgIpc) is 2.95. The molecule has 0 aliphatic carbocycles. The maximum atomic E-state index is 13.1. The van der Waals surface area contributed by atoms with Gasteiger partial charge >= 0.3 is 0 Å². The van der Waals surface area contributed by atoms with Crippen LogP contribution in [0.25, 0.3) is 11.3 Å². The van der Waals surface area contributed by atoms with Gasteiger partial charge in [-0.05, 0) is 39.2 Å². The molecule has 0 radical (unpaired) electrons. The Bertz CT molecular complexity index is 821. The van der Waals surface area contributed by atoms with Crippen molar-refractivity contribution in [1.82, 2.24) is 19.6 Å². The zero-order valence-electron chi connectivity index (χ0n) is 17.9. The van der Waals surface area contributed by atoms with Gasteiger partial charge in [0.25, 0.3) is 0 Å². The molecule has 1 amide bonds. The molecule has 2 aliphatic heterocycles. The number of benzene rings is 1. The molecule has 1 aromatic carbocycles. The molecule has 0 spiro atoms. The van der Waals surface area contributed by atoms with Crippen LogP contribution in [0.15, 0.2) is 30.3 Å². The van der Waals surface area contributed by atoms with E-state index < -0.39 is 0 Å². The molecule has 5 heteroatoms. The highest BCUT2D eigenvalue weighted by Gasteiger charge is 2.30. The number of piperidine rings is 1. The van der Waals surface area contributed by atoms with Crippen molar-refractivity contribution in [3.8, 4) is 11.3 Å². The highest BCUT2D eigenvalue weighted by molar-refractivity contribution is 5.79. The van der Waals surface area contributed by atoms with Gasteiger partial charge in [0.1, 0.15) is 0 Å². The van der Waals surface area contributed by atoms with Crippen molar-refractivity contribution >= 4 is 5.91 Å². The summed E-state index contributed by atoms with van der Waals surface area (Å²) in [6.45, 7) is 6.86. The van der Waals surface area contributed by atoms with Gasteiger partial charge in [-0.15, -0.1) is 0 Å². The van der Waals surface area contributed by atoms with E-state index >= 15 is 0 Å². The highest BCUT2D eigenvalue weighted by atomic mass is 16.2. The summed E-state index contributed by atoms with van der Waals surface area (Å²) in [6, 6.07) is 10.4. The number of carbonyl (C=O) groups is 1. The van der Waals surface area contributed by atoms with E-state index in [0.717, 1.165) is 64.1 Å². The zero-order chi connectivity index (χ0) is 20.2. The van der Waals surface area contributed by atoms with Crippen molar-refractivity contribution in [2.45, 2.75) is 52.0 Å². The molecule has 0 unspecified atom stereocenters. The van der Waals surface area contributed by atoms with Gasteiger partial charge in [-0.2, -0.15) is 5.10 Å². The number of hydrogen-bond acceptors (Lipinski definition) is 3. The van der Waals surface area contributed by atoms with E-state index in [1.54, 1.807) is 0 Å². The lowest BCUT2D eigenvalue weighted by Crippen LogP contribution is -2.45. The van der Waals surface area contributed by atoms with Crippen molar-refractivity contribution in [3.05, 3.63) is 41.6 Å². The number of aromatic nitrogens is 2. The van der Waals surface area contributed by atoms with Crippen LogP contribution in [0.1, 0.15) is 49.8 Å². The lowest BCUT2D eigenvalue weighted by molar-refractivity contribution is -0.137. The Morgan fingerprint density at radius 1 is 1.03 bits per heavy atom. The number of amides is 1. The van der Waals surface area contributed by atoms with Gasteiger partial charge in [0.2, 0.25) is 5.91 Å². The molecule has 4 rings (SSSR count). The van der Waals surface area contributed by atoms with Crippen LogP contribution in [0.3, 0.4) is 0 Å². The molecular formula is C24H34N4O. The fourth-order valence-corrected chi connectivity index (χ4v) is 4.84. The van der Waals surface area contributed by atoms with Crippen molar-refractivity contribution in [2.24, 2.45) is 13.0 Å². The molecule has 2 saturated heterocycles. The minimum absolute atomic E-state index is 0.152. The van der Waals surface area contributed by atoms with Crippen molar-refractivity contribution in [3.63, 3.8) is 0 Å². The van der Waals surface area contributed by atoms with E-state index in [1.165, 1.54) is 29.7 Å². The van der Waals surface area contributed by atoms with Crippen molar-refractivity contribution in [2.75, 3.05) is 26.2 Å². The summed E-state index contributed by atoms with van der Waals surface area (Å²) in [5, 5.41) is 4.80. The smallest absolute Gasteiger partial charge is 0.226 e. The van der Waals surface area contributed by atoms with Gasteiger partial charge in [-0.3, -0.25) is 14.4 Å². The van der Waals surface area contributed by atoms with Gasteiger partial charge in [-0.25, -0.2) is 0 Å². The molecule has 0 N–H and O–H groups in total. The highest BCUT2D eigenvalue weighted by Crippen LogP contribution is 2.28. The molecule has 3 heterocycles. The number of carbonyl (C=O) groups excluding carboxylic acids is 1. The Hall–Kier alpha value is -2.14. The van der Waals surface area contributed by atoms with E-state index in [4.69, 9.17) is 5.10 Å².